The van der Waals surface area contributed by atoms with Gasteiger partial charge in [-0.2, -0.15) is 0 Å². The first kappa shape index (κ1) is 21.1. The average Bonchev–Trinajstić information content (AvgIpc) is 3.07. The molecular formula is C22H23N3O2S2. The smallest absolute Gasteiger partial charge is 0.236 e. The molecule has 1 aromatic heterocycles. The fourth-order valence-electron chi connectivity index (χ4n) is 3.17. The summed E-state index contributed by atoms with van der Waals surface area (Å²) in [6.45, 7) is 7.72. The van der Waals surface area contributed by atoms with Gasteiger partial charge in [-0.05, 0) is 56.2 Å². The highest BCUT2D eigenvalue weighted by Crippen LogP contribution is 2.31. The summed E-state index contributed by atoms with van der Waals surface area (Å²) in [7, 11) is 0. The molecule has 0 aliphatic carbocycles. The largest absolute Gasteiger partial charge is 0.326 e. The fourth-order valence-corrected chi connectivity index (χ4v) is 4.59. The van der Waals surface area contributed by atoms with Gasteiger partial charge in [0, 0.05) is 28.5 Å². The van der Waals surface area contributed by atoms with Crippen molar-refractivity contribution in [3.8, 4) is 11.3 Å². The Morgan fingerprint density at radius 3 is 2.31 bits per heavy atom. The highest BCUT2D eigenvalue weighted by Gasteiger charge is 2.12. The number of aryl methyl sites for hydroxylation is 3. The van der Waals surface area contributed by atoms with Gasteiger partial charge in [0.1, 0.15) is 0 Å². The summed E-state index contributed by atoms with van der Waals surface area (Å²) in [5, 5.41) is 8.19. The van der Waals surface area contributed by atoms with Gasteiger partial charge in [-0.25, -0.2) is 4.98 Å². The lowest BCUT2D eigenvalue weighted by Gasteiger charge is -2.08. The normalized spacial score (nSPS) is 10.6. The molecule has 0 saturated carbocycles. The fraction of sp³-hybridized carbons (Fsp3) is 0.227. The summed E-state index contributed by atoms with van der Waals surface area (Å²) in [6, 6.07) is 11.7. The van der Waals surface area contributed by atoms with Crippen LogP contribution in [0.15, 0.2) is 46.7 Å². The third kappa shape index (κ3) is 5.68. The van der Waals surface area contributed by atoms with Crippen molar-refractivity contribution in [3.05, 3.63) is 58.5 Å². The number of amides is 2. The van der Waals surface area contributed by atoms with Crippen LogP contribution in [-0.2, 0) is 9.59 Å². The third-order valence-corrected chi connectivity index (χ3v) is 6.00. The Bertz CT molecular complexity index is 1020. The monoisotopic (exact) mass is 425 g/mol. The number of thiazole rings is 1. The van der Waals surface area contributed by atoms with Gasteiger partial charge >= 0.3 is 0 Å². The van der Waals surface area contributed by atoms with Crippen LogP contribution in [0.1, 0.15) is 23.6 Å². The summed E-state index contributed by atoms with van der Waals surface area (Å²) in [6.07, 6.45) is 0. The minimum absolute atomic E-state index is 0.0980. The van der Waals surface area contributed by atoms with Crippen LogP contribution < -0.4 is 10.6 Å². The lowest BCUT2D eigenvalue weighted by molar-refractivity contribution is -0.114. The average molecular weight is 426 g/mol. The van der Waals surface area contributed by atoms with Gasteiger partial charge in [-0.1, -0.05) is 17.7 Å². The number of aromatic nitrogens is 1. The predicted molar refractivity (Wildman–Crippen MR) is 122 cm³/mol. The number of benzene rings is 2. The van der Waals surface area contributed by atoms with E-state index in [-0.39, 0.29) is 17.6 Å². The van der Waals surface area contributed by atoms with E-state index in [1.54, 1.807) is 0 Å². The molecule has 0 aliphatic rings. The Balaban J connectivity index is 1.59. The van der Waals surface area contributed by atoms with Crippen LogP contribution >= 0.6 is 23.1 Å². The summed E-state index contributed by atoms with van der Waals surface area (Å²) < 4.78 is 0. The minimum atomic E-state index is -0.108. The maximum absolute atomic E-state index is 12.3. The molecule has 0 aliphatic heterocycles. The van der Waals surface area contributed by atoms with Gasteiger partial charge in [0.2, 0.25) is 11.8 Å². The highest BCUT2D eigenvalue weighted by molar-refractivity contribution is 8.00. The number of carbonyl (C=O) groups excluding carboxylic acids is 2. The molecule has 3 rings (SSSR count). The minimum Gasteiger partial charge on any atom is -0.326 e. The van der Waals surface area contributed by atoms with E-state index in [4.69, 9.17) is 0 Å². The maximum Gasteiger partial charge on any atom is 0.236 e. The highest BCUT2D eigenvalue weighted by atomic mass is 32.2. The van der Waals surface area contributed by atoms with Crippen molar-refractivity contribution in [3.63, 3.8) is 0 Å². The predicted octanol–water partition coefficient (Wildman–Crippen LogP) is 5.42. The van der Waals surface area contributed by atoms with Crippen LogP contribution in [0.5, 0.6) is 0 Å². The Morgan fingerprint density at radius 2 is 1.69 bits per heavy atom. The Morgan fingerprint density at radius 1 is 1.03 bits per heavy atom. The molecule has 0 unspecified atom stereocenters. The first-order valence-electron chi connectivity index (χ1n) is 9.16. The summed E-state index contributed by atoms with van der Waals surface area (Å²) in [4.78, 5) is 28.9. The number of anilines is 2. The quantitative estimate of drug-likeness (QED) is 0.517. The number of rotatable bonds is 6. The van der Waals surface area contributed by atoms with Crippen molar-refractivity contribution in [1.29, 1.82) is 0 Å². The number of hydrogen-bond acceptors (Lipinski definition) is 5. The number of nitrogens with one attached hydrogen (secondary N) is 2. The summed E-state index contributed by atoms with van der Waals surface area (Å²) >= 11 is 2.87. The van der Waals surface area contributed by atoms with Gasteiger partial charge in [0.25, 0.3) is 0 Å². The zero-order valence-electron chi connectivity index (χ0n) is 16.8. The molecule has 2 aromatic carbocycles. The van der Waals surface area contributed by atoms with E-state index in [2.05, 4.69) is 48.5 Å². The van der Waals surface area contributed by atoms with Crippen LogP contribution in [0, 0.1) is 20.8 Å². The van der Waals surface area contributed by atoms with E-state index in [0.29, 0.717) is 5.13 Å². The second-order valence-corrected chi connectivity index (χ2v) is 8.76. The molecule has 3 aromatic rings. The molecule has 29 heavy (non-hydrogen) atoms. The molecule has 150 valence electrons. The SMILES string of the molecule is CC(=O)Nc1ccc(SCC(=O)Nc2nc(-c3c(C)cc(C)cc3C)cs2)cc1. The van der Waals surface area contributed by atoms with Crippen molar-refractivity contribution in [1.82, 2.24) is 4.98 Å². The van der Waals surface area contributed by atoms with Crippen molar-refractivity contribution in [2.24, 2.45) is 0 Å². The van der Waals surface area contributed by atoms with E-state index in [0.717, 1.165) is 21.8 Å². The molecular weight excluding hydrogens is 402 g/mol. The van der Waals surface area contributed by atoms with Gasteiger partial charge in [0.15, 0.2) is 5.13 Å². The van der Waals surface area contributed by atoms with Gasteiger partial charge < -0.3 is 10.6 Å². The molecule has 0 spiro atoms. The molecule has 2 N–H and O–H groups in total. The number of thioether (sulfide) groups is 1. The van der Waals surface area contributed by atoms with Crippen LogP contribution in [0.3, 0.4) is 0 Å². The van der Waals surface area contributed by atoms with Crippen molar-refractivity contribution >= 4 is 45.7 Å². The van der Waals surface area contributed by atoms with E-state index < -0.39 is 0 Å². The zero-order chi connectivity index (χ0) is 21.0. The van der Waals surface area contributed by atoms with E-state index in [9.17, 15) is 9.59 Å². The lowest BCUT2D eigenvalue weighted by Crippen LogP contribution is -2.13. The van der Waals surface area contributed by atoms with Gasteiger partial charge in [-0.15, -0.1) is 23.1 Å². The van der Waals surface area contributed by atoms with Crippen molar-refractivity contribution < 1.29 is 9.59 Å². The summed E-state index contributed by atoms with van der Waals surface area (Å²) in [5.74, 6) is 0.0829. The third-order valence-electron chi connectivity index (χ3n) is 4.23. The first-order valence-corrected chi connectivity index (χ1v) is 11.0. The van der Waals surface area contributed by atoms with Crippen LogP contribution in [-0.4, -0.2) is 22.6 Å². The Labute approximate surface area is 179 Å². The van der Waals surface area contributed by atoms with Crippen molar-refractivity contribution in [2.45, 2.75) is 32.6 Å². The molecule has 0 saturated heterocycles. The van der Waals surface area contributed by atoms with E-state index in [1.807, 2.05) is 29.6 Å². The van der Waals surface area contributed by atoms with E-state index in [1.165, 1.54) is 46.7 Å². The van der Waals surface area contributed by atoms with Crippen molar-refractivity contribution in [2.75, 3.05) is 16.4 Å². The number of carbonyl (C=O) groups is 2. The molecule has 1 heterocycles. The maximum atomic E-state index is 12.3. The molecule has 0 atom stereocenters. The molecule has 0 radical (unpaired) electrons. The molecule has 2 amide bonds. The Hall–Kier alpha value is -2.64. The molecule has 5 nitrogen and oxygen atoms in total. The molecule has 7 heteroatoms. The topological polar surface area (TPSA) is 71.1 Å². The molecule has 0 bridgehead atoms. The number of hydrogen-bond donors (Lipinski definition) is 2. The van der Waals surface area contributed by atoms with Crippen LogP contribution in [0.2, 0.25) is 0 Å². The second kappa shape index (κ2) is 9.24. The molecule has 0 fully saturated rings. The van der Waals surface area contributed by atoms with Crippen LogP contribution in [0.25, 0.3) is 11.3 Å². The van der Waals surface area contributed by atoms with E-state index >= 15 is 0 Å². The first-order chi connectivity index (χ1) is 13.8. The number of nitrogens with zero attached hydrogens (tertiary/aromatic N) is 1. The summed E-state index contributed by atoms with van der Waals surface area (Å²) in [5.41, 5.74) is 6.35. The van der Waals surface area contributed by atoms with Gasteiger partial charge in [-0.3, -0.25) is 9.59 Å². The Kier molecular flexibility index (Phi) is 6.71. The second-order valence-electron chi connectivity index (χ2n) is 6.85. The zero-order valence-corrected chi connectivity index (χ0v) is 18.5. The van der Waals surface area contributed by atoms with Crippen LogP contribution in [0.4, 0.5) is 10.8 Å². The van der Waals surface area contributed by atoms with Gasteiger partial charge in [0.05, 0.1) is 11.4 Å². The standard InChI is InChI=1S/C22H23N3O2S2/c1-13-9-14(2)21(15(3)10-13)19-11-29-22(24-19)25-20(27)12-28-18-7-5-17(6-8-18)23-16(4)26/h5-11H,12H2,1-4H3,(H,23,26)(H,24,25,27). The lowest BCUT2D eigenvalue weighted by atomic mass is 9.98.